The topological polar surface area (TPSA) is 101 Å². The minimum Gasteiger partial charge on any atom is -0.439 e. The molecule has 1 amide bonds. The number of carbonyl (C=O) groups excluding carboxylic acids is 1. The number of hydrogen-bond acceptors (Lipinski definition) is 5. The Bertz CT molecular complexity index is 1130. The Morgan fingerprint density at radius 2 is 1.88 bits per heavy atom. The third-order valence-electron chi connectivity index (χ3n) is 4.28. The first-order valence-corrected chi connectivity index (χ1v) is 8.23. The highest BCUT2D eigenvalue weighted by atomic mass is 16.3. The van der Waals surface area contributed by atoms with Crippen molar-refractivity contribution < 1.29 is 9.21 Å². The van der Waals surface area contributed by atoms with E-state index >= 15 is 0 Å². The molecule has 0 unspecified atom stereocenters. The smallest absolute Gasteiger partial charge is 0.272 e. The number of oxazole rings is 1. The molecule has 2 aromatic carbocycles. The fourth-order valence-corrected chi connectivity index (χ4v) is 2.90. The van der Waals surface area contributed by atoms with Crippen molar-refractivity contribution in [2.24, 2.45) is 0 Å². The highest BCUT2D eigenvalue weighted by Gasteiger charge is 2.20. The summed E-state index contributed by atoms with van der Waals surface area (Å²) in [4.78, 5) is 28.8. The number of rotatable bonds is 4. The zero-order chi connectivity index (χ0) is 18.1. The molecule has 130 valence electrons. The van der Waals surface area contributed by atoms with E-state index in [0.29, 0.717) is 27.9 Å². The van der Waals surface area contributed by atoms with Crippen molar-refractivity contribution >= 4 is 27.8 Å². The van der Waals surface area contributed by atoms with Gasteiger partial charge in [0.05, 0.1) is 23.5 Å². The van der Waals surface area contributed by atoms with Crippen molar-refractivity contribution in [3.8, 4) is 0 Å². The average Bonchev–Trinajstić information content (AvgIpc) is 3.09. The van der Waals surface area contributed by atoms with Gasteiger partial charge in [-0.05, 0) is 25.1 Å². The Hall–Kier alpha value is -3.48. The minimum absolute atomic E-state index is 0.180. The maximum atomic E-state index is 12.5. The molecule has 4 rings (SSSR count). The van der Waals surface area contributed by atoms with Crippen LogP contribution in [0.25, 0.3) is 21.9 Å². The van der Waals surface area contributed by atoms with Crippen molar-refractivity contribution in [2.75, 3.05) is 0 Å². The minimum atomic E-state index is -0.541. The largest absolute Gasteiger partial charge is 0.439 e. The highest BCUT2D eigenvalue weighted by Crippen LogP contribution is 2.21. The van der Waals surface area contributed by atoms with Gasteiger partial charge in [0.1, 0.15) is 5.52 Å². The first-order chi connectivity index (χ1) is 12.6. The van der Waals surface area contributed by atoms with Gasteiger partial charge in [0, 0.05) is 5.39 Å². The normalized spacial score (nSPS) is 12.3. The second-order valence-electron chi connectivity index (χ2n) is 6.00. The van der Waals surface area contributed by atoms with Gasteiger partial charge in [-0.1, -0.05) is 30.3 Å². The maximum Gasteiger partial charge on any atom is 0.272 e. The number of nitrogens with zero attached hydrogens (tertiary/aromatic N) is 2. The van der Waals surface area contributed by atoms with E-state index < -0.39 is 5.92 Å². The lowest BCUT2D eigenvalue weighted by Crippen LogP contribution is -2.29. The zero-order valence-corrected chi connectivity index (χ0v) is 14.0. The number of aromatic amines is 1. The lowest BCUT2D eigenvalue weighted by atomic mass is 10.0. The Labute approximate surface area is 148 Å². The molecule has 7 nitrogen and oxygen atoms in total. The second kappa shape index (κ2) is 6.44. The van der Waals surface area contributed by atoms with Crippen LogP contribution in [0.1, 0.15) is 24.4 Å². The molecule has 1 atom stereocenters. The number of benzene rings is 2. The van der Waals surface area contributed by atoms with E-state index in [1.165, 1.54) is 0 Å². The molecule has 2 N–H and O–H groups in total. The van der Waals surface area contributed by atoms with Gasteiger partial charge in [0.15, 0.2) is 5.58 Å². The molecule has 0 aliphatic heterocycles. The van der Waals surface area contributed by atoms with E-state index in [-0.39, 0.29) is 18.0 Å². The van der Waals surface area contributed by atoms with Gasteiger partial charge in [-0.2, -0.15) is 5.10 Å². The van der Waals surface area contributed by atoms with Gasteiger partial charge in [0.2, 0.25) is 11.8 Å². The number of amides is 1. The Morgan fingerprint density at radius 3 is 2.69 bits per heavy atom. The van der Waals surface area contributed by atoms with Crippen LogP contribution in [0, 0.1) is 0 Å². The molecule has 0 saturated heterocycles. The third-order valence-corrected chi connectivity index (χ3v) is 4.28. The van der Waals surface area contributed by atoms with Crippen LogP contribution in [0.5, 0.6) is 0 Å². The second-order valence-corrected chi connectivity index (χ2v) is 6.00. The van der Waals surface area contributed by atoms with Crippen LogP contribution in [0.4, 0.5) is 0 Å². The fourth-order valence-electron chi connectivity index (χ4n) is 2.90. The van der Waals surface area contributed by atoms with Crippen molar-refractivity contribution in [2.45, 2.75) is 19.4 Å². The Morgan fingerprint density at radius 1 is 1.15 bits per heavy atom. The summed E-state index contributed by atoms with van der Waals surface area (Å²) in [6.45, 7) is 1.92. The quantitative estimate of drug-likeness (QED) is 0.590. The van der Waals surface area contributed by atoms with E-state index in [4.69, 9.17) is 4.42 Å². The molecule has 26 heavy (non-hydrogen) atoms. The number of para-hydroxylation sites is 2. The summed E-state index contributed by atoms with van der Waals surface area (Å²) in [5.41, 5.74) is 1.68. The first-order valence-electron chi connectivity index (χ1n) is 8.23. The number of nitrogens with one attached hydrogen (secondary N) is 2. The molecule has 0 bridgehead atoms. The monoisotopic (exact) mass is 348 g/mol. The summed E-state index contributed by atoms with van der Waals surface area (Å²) in [6, 6.07) is 14.5. The van der Waals surface area contributed by atoms with Crippen molar-refractivity contribution in [1.29, 1.82) is 0 Å². The lowest BCUT2D eigenvalue weighted by Gasteiger charge is -2.12. The molecule has 0 aliphatic rings. The summed E-state index contributed by atoms with van der Waals surface area (Å²) in [5, 5.41) is 10.5. The van der Waals surface area contributed by atoms with E-state index in [9.17, 15) is 9.59 Å². The molecule has 0 radical (unpaired) electrons. The van der Waals surface area contributed by atoms with Gasteiger partial charge >= 0.3 is 0 Å². The average molecular weight is 348 g/mol. The number of H-pyrrole nitrogens is 1. The molecule has 0 spiro atoms. The van der Waals surface area contributed by atoms with Crippen molar-refractivity contribution in [1.82, 2.24) is 20.5 Å². The summed E-state index contributed by atoms with van der Waals surface area (Å²) >= 11 is 0. The van der Waals surface area contributed by atoms with Crippen LogP contribution in [-0.2, 0) is 11.3 Å². The maximum absolute atomic E-state index is 12.5. The molecule has 0 fully saturated rings. The molecule has 2 heterocycles. The van der Waals surface area contributed by atoms with Crippen LogP contribution in [0.3, 0.4) is 0 Å². The lowest BCUT2D eigenvalue weighted by molar-refractivity contribution is -0.122. The van der Waals surface area contributed by atoms with Crippen LogP contribution in [0.2, 0.25) is 0 Å². The predicted octanol–water partition coefficient (Wildman–Crippen LogP) is 2.48. The number of hydrogen-bond donors (Lipinski definition) is 2. The van der Waals surface area contributed by atoms with Crippen molar-refractivity contribution in [3.63, 3.8) is 0 Å². The van der Waals surface area contributed by atoms with E-state index in [2.05, 4.69) is 20.5 Å². The van der Waals surface area contributed by atoms with E-state index in [0.717, 1.165) is 5.52 Å². The SMILES string of the molecule is C[C@@H](C(=O)NCc1nc2ccccc2o1)c1n[nH]c(=O)c2ccccc12. The highest BCUT2D eigenvalue weighted by molar-refractivity contribution is 5.90. The van der Waals surface area contributed by atoms with Crippen LogP contribution >= 0.6 is 0 Å². The summed E-state index contributed by atoms with van der Waals surface area (Å²) in [6.07, 6.45) is 0. The number of fused-ring (bicyclic) bond motifs is 2. The third kappa shape index (κ3) is 2.83. The predicted molar refractivity (Wildman–Crippen MR) is 96.6 cm³/mol. The molecule has 4 aromatic rings. The molecule has 0 aliphatic carbocycles. The van der Waals surface area contributed by atoms with Gasteiger partial charge in [-0.25, -0.2) is 10.1 Å². The Kier molecular flexibility index (Phi) is 3.96. The van der Waals surface area contributed by atoms with Crippen molar-refractivity contribution in [3.05, 3.63) is 70.5 Å². The number of aromatic nitrogens is 3. The first kappa shape index (κ1) is 16.0. The molecule has 0 saturated carbocycles. The van der Waals surface area contributed by atoms with Crippen LogP contribution < -0.4 is 10.9 Å². The summed E-state index contributed by atoms with van der Waals surface area (Å²) < 4.78 is 5.60. The van der Waals surface area contributed by atoms with Gasteiger partial charge < -0.3 is 9.73 Å². The standard InChI is InChI=1S/C19H16N4O3/c1-11(17-12-6-2-3-7-13(12)19(25)23-22-17)18(24)20-10-16-21-14-8-4-5-9-15(14)26-16/h2-9,11H,10H2,1H3,(H,20,24)(H,23,25)/t11-/m1/s1. The summed E-state index contributed by atoms with van der Waals surface area (Å²) in [7, 11) is 0. The summed E-state index contributed by atoms with van der Waals surface area (Å²) in [5.74, 6) is -0.330. The molecule has 7 heteroatoms. The zero-order valence-electron chi connectivity index (χ0n) is 14.0. The molecular formula is C19H16N4O3. The van der Waals surface area contributed by atoms with Gasteiger partial charge in [-0.15, -0.1) is 0 Å². The van der Waals surface area contributed by atoms with Crippen LogP contribution in [0.15, 0.2) is 57.7 Å². The van der Waals surface area contributed by atoms with Crippen LogP contribution in [-0.4, -0.2) is 21.1 Å². The molecule has 2 aromatic heterocycles. The Balaban J connectivity index is 1.55. The molecular weight excluding hydrogens is 332 g/mol. The number of carbonyl (C=O) groups is 1. The van der Waals surface area contributed by atoms with E-state index in [1.807, 2.05) is 30.3 Å². The van der Waals surface area contributed by atoms with E-state index in [1.54, 1.807) is 25.1 Å². The fraction of sp³-hybridized carbons (Fsp3) is 0.158. The van der Waals surface area contributed by atoms with Gasteiger partial charge in [-0.3, -0.25) is 9.59 Å². The van der Waals surface area contributed by atoms with Gasteiger partial charge in [0.25, 0.3) is 5.56 Å².